The summed E-state index contributed by atoms with van der Waals surface area (Å²) in [4.78, 5) is 0. The van der Waals surface area contributed by atoms with Crippen LogP contribution in [0.4, 0.5) is 13.2 Å². The van der Waals surface area contributed by atoms with Crippen LogP contribution in [0.1, 0.15) is 26.7 Å². The molecule has 15 heavy (non-hydrogen) atoms. The third kappa shape index (κ3) is 9.99. The predicted molar refractivity (Wildman–Crippen MR) is 51.9 cm³/mol. The van der Waals surface area contributed by atoms with Gasteiger partial charge in [-0.25, -0.2) is 13.1 Å². The molecule has 0 aliphatic carbocycles. The lowest BCUT2D eigenvalue weighted by molar-refractivity contribution is -0.134. The largest absolute Gasteiger partial charge is 0.389 e. The minimum absolute atomic E-state index is 0.141. The van der Waals surface area contributed by atoms with E-state index in [0.29, 0.717) is 0 Å². The van der Waals surface area contributed by atoms with Crippen LogP contribution in [-0.2, 0) is 10.0 Å². The Morgan fingerprint density at radius 3 is 2.20 bits per heavy atom. The number of sulfonamides is 1. The van der Waals surface area contributed by atoms with Gasteiger partial charge in [-0.1, -0.05) is 13.8 Å². The van der Waals surface area contributed by atoms with E-state index in [0.717, 1.165) is 0 Å². The van der Waals surface area contributed by atoms with Crippen LogP contribution < -0.4 is 4.72 Å². The fourth-order valence-electron chi connectivity index (χ4n) is 0.828. The summed E-state index contributed by atoms with van der Waals surface area (Å²) in [6.45, 7) is 3.89. The second kappa shape index (κ2) is 5.69. The quantitative estimate of drug-likeness (QED) is 0.779. The van der Waals surface area contributed by atoms with E-state index in [1.807, 2.05) is 13.8 Å². The van der Waals surface area contributed by atoms with Crippen molar-refractivity contribution in [2.24, 2.45) is 5.92 Å². The molecule has 0 rings (SSSR count). The van der Waals surface area contributed by atoms with E-state index in [1.165, 1.54) is 0 Å². The van der Waals surface area contributed by atoms with E-state index in [9.17, 15) is 21.6 Å². The van der Waals surface area contributed by atoms with E-state index in [2.05, 4.69) is 4.72 Å². The van der Waals surface area contributed by atoms with Crippen molar-refractivity contribution in [3.05, 3.63) is 0 Å². The van der Waals surface area contributed by atoms with E-state index < -0.39 is 34.8 Å². The molecular formula is C8H16F3NO2S. The first-order valence-electron chi connectivity index (χ1n) is 4.66. The number of hydrogen-bond donors (Lipinski definition) is 1. The zero-order valence-electron chi connectivity index (χ0n) is 8.76. The zero-order chi connectivity index (χ0) is 12.1. The number of hydrogen-bond acceptors (Lipinski definition) is 2. The van der Waals surface area contributed by atoms with E-state index in [4.69, 9.17) is 0 Å². The Bertz CT molecular complexity index is 272. The molecule has 7 heteroatoms. The van der Waals surface area contributed by atoms with Crippen molar-refractivity contribution < 1.29 is 21.6 Å². The van der Waals surface area contributed by atoms with Gasteiger partial charge in [-0.15, -0.1) is 0 Å². The Morgan fingerprint density at radius 1 is 1.27 bits per heavy atom. The highest BCUT2D eigenvalue weighted by Crippen LogP contribution is 2.21. The first-order valence-corrected chi connectivity index (χ1v) is 6.32. The summed E-state index contributed by atoms with van der Waals surface area (Å²) in [5.74, 6) is -0.332. The Morgan fingerprint density at radius 2 is 1.80 bits per heavy atom. The topological polar surface area (TPSA) is 46.2 Å². The number of halogens is 3. The fourth-order valence-corrected chi connectivity index (χ4v) is 2.08. The molecule has 0 bridgehead atoms. The van der Waals surface area contributed by atoms with Crippen LogP contribution in [0.15, 0.2) is 0 Å². The summed E-state index contributed by atoms with van der Waals surface area (Å²) in [7, 11) is -3.55. The summed E-state index contributed by atoms with van der Waals surface area (Å²) in [5, 5.41) is 0. The lowest BCUT2D eigenvalue weighted by atomic mass is 10.2. The molecule has 0 aliphatic rings. The maximum atomic E-state index is 11.7. The van der Waals surface area contributed by atoms with Crippen molar-refractivity contribution in [2.45, 2.75) is 32.9 Å². The van der Waals surface area contributed by atoms with Crippen molar-refractivity contribution in [2.75, 3.05) is 12.3 Å². The highest BCUT2D eigenvalue weighted by atomic mass is 32.2. The van der Waals surface area contributed by atoms with Crippen LogP contribution in [0, 0.1) is 5.92 Å². The fraction of sp³-hybridized carbons (Fsp3) is 1.00. The van der Waals surface area contributed by atoms with Gasteiger partial charge in [0.1, 0.15) is 0 Å². The monoisotopic (exact) mass is 247 g/mol. The van der Waals surface area contributed by atoms with Gasteiger partial charge in [0.25, 0.3) is 0 Å². The molecule has 0 aromatic rings. The first-order chi connectivity index (χ1) is 6.62. The Kier molecular flexibility index (Phi) is 5.58. The standard InChI is InChI=1S/C8H16F3NO2S/c1-7(2)6-12-15(13,14)5-3-4-8(9,10)11/h7,12H,3-6H2,1-2H3. The molecule has 0 unspecified atom stereocenters. The van der Waals surface area contributed by atoms with Crippen LogP contribution in [0.5, 0.6) is 0 Å². The first kappa shape index (κ1) is 14.7. The maximum absolute atomic E-state index is 11.7. The summed E-state index contributed by atoms with van der Waals surface area (Å²) in [6, 6.07) is 0. The smallest absolute Gasteiger partial charge is 0.215 e. The molecule has 92 valence electrons. The number of nitrogens with one attached hydrogen (secondary N) is 1. The SMILES string of the molecule is CC(C)CNS(=O)(=O)CCCC(F)(F)F. The van der Waals surface area contributed by atoms with E-state index in [1.54, 1.807) is 0 Å². The minimum Gasteiger partial charge on any atom is -0.215 e. The Hall–Kier alpha value is -0.300. The maximum Gasteiger partial charge on any atom is 0.389 e. The molecule has 0 saturated heterocycles. The minimum atomic E-state index is -4.28. The Labute approximate surface area is 88.1 Å². The second-order valence-electron chi connectivity index (χ2n) is 3.78. The Balaban J connectivity index is 3.85. The van der Waals surface area contributed by atoms with E-state index in [-0.39, 0.29) is 12.5 Å². The van der Waals surface area contributed by atoms with Gasteiger partial charge in [0, 0.05) is 13.0 Å². The molecular weight excluding hydrogens is 231 g/mol. The van der Waals surface area contributed by atoms with Crippen LogP contribution in [0.2, 0.25) is 0 Å². The van der Waals surface area contributed by atoms with Gasteiger partial charge in [-0.3, -0.25) is 0 Å². The molecule has 0 radical (unpaired) electrons. The van der Waals surface area contributed by atoms with Crippen LogP contribution in [0.3, 0.4) is 0 Å². The average molecular weight is 247 g/mol. The van der Waals surface area contributed by atoms with Crippen LogP contribution in [0.25, 0.3) is 0 Å². The highest BCUT2D eigenvalue weighted by molar-refractivity contribution is 7.89. The summed E-state index contributed by atoms with van der Waals surface area (Å²) < 4.78 is 59.7. The number of alkyl halides is 3. The summed E-state index contributed by atoms with van der Waals surface area (Å²) in [5.41, 5.74) is 0. The molecule has 0 atom stereocenters. The molecule has 1 N–H and O–H groups in total. The van der Waals surface area contributed by atoms with Crippen LogP contribution >= 0.6 is 0 Å². The average Bonchev–Trinajstić information content (AvgIpc) is 1.98. The lowest BCUT2D eigenvalue weighted by Crippen LogP contribution is -2.30. The van der Waals surface area contributed by atoms with Crippen LogP contribution in [-0.4, -0.2) is 26.9 Å². The molecule has 0 amide bonds. The summed E-state index contributed by atoms with van der Waals surface area (Å²) >= 11 is 0. The molecule has 0 heterocycles. The molecule has 0 spiro atoms. The molecule has 0 aromatic carbocycles. The summed E-state index contributed by atoms with van der Waals surface area (Å²) in [6.07, 6.45) is -5.74. The highest BCUT2D eigenvalue weighted by Gasteiger charge is 2.27. The zero-order valence-corrected chi connectivity index (χ0v) is 9.58. The van der Waals surface area contributed by atoms with Crippen molar-refractivity contribution in [1.82, 2.24) is 4.72 Å². The normalized spacial score (nSPS) is 13.5. The third-order valence-corrected chi connectivity index (χ3v) is 3.02. The third-order valence-electron chi connectivity index (χ3n) is 1.58. The van der Waals surface area contributed by atoms with Gasteiger partial charge >= 0.3 is 6.18 Å². The molecule has 0 saturated carbocycles. The second-order valence-corrected chi connectivity index (χ2v) is 5.71. The molecule has 0 fully saturated rings. The lowest BCUT2D eigenvalue weighted by Gasteiger charge is -2.09. The van der Waals surface area contributed by atoms with Crippen molar-refractivity contribution >= 4 is 10.0 Å². The molecule has 0 aliphatic heterocycles. The van der Waals surface area contributed by atoms with Crippen molar-refractivity contribution in [3.63, 3.8) is 0 Å². The van der Waals surface area contributed by atoms with Crippen molar-refractivity contribution in [1.29, 1.82) is 0 Å². The van der Waals surface area contributed by atoms with Gasteiger partial charge in [0.05, 0.1) is 5.75 Å². The number of rotatable bonds is 6. The van der Waals surface area contributed by atoms with Gasteiger partial charge < -0.3 is 0 Å². The molecule has 3 nitrogen and oxygen atoms in total. The van der Waals surface area contributed by atoms with Gasteiger partial charge in [0.2, 0.25) is 10.0 Å². The van der Waals surface area contributed by atoms with Gasteiger partial charge in [0.15, 0.2) is 0 Å². The predicted octanol–water partition coefficient (Wildman–Crippen LogP) is 1.90. The van der Waals surface area contributed by atoms with E-state index >= 15 is 0 Å². The molecule has 0 aromatic heterocycles. The van der Waals surface area contributed by atoms with Crippen molar-refractivity contribution in [3.8, 4) is 0 Å². The van der Waals surface area contributed by atoms with Gasteiger partial charge in [-0.05, 0) is 12.3 Å². The van der Waals surface area contributed by atoms with Gasteiger partial charge in [-0.2, -0.15) is 13.2 Å².